The van der Waals surface area contributed by atoms with E-state index in [4.69, 9.17) is 0 Å². The summed E-state index contributed by atoms with van der Waals surface area (Å²) in [5.41, 5.74) is 0.871. The molecule has 9 nitrogen and oxygen atoms in total. The monoisotopic (exact) mass is 437 g/mol. The summed E-state index contributed by atoms with van der Waals surface area (Å²) in [4.78, 5) is 26.9. The molecule has 3 heterocycles. The van der Waals surface area contributed by atoms with E-state index in [9.17, 15) is 18.0 Å². The molecule has 2 amide bonds. The van der Waals surface area contributed by atoms with Gasteiger partial charge < -0.3 is 10.2 Å². The van der Waals surface area contributed by atoms with Crippen molar-refractivity contribution in [2.24, 2.45) is 5.92 Å². The summed E-state index contributed by atoms with van der Waals surface area (Å²) in [7, 11) is -3.79. The van der Waals surface area contributed by atoms with E-state index < -0.39 is 10.0 Å². The highest BCUT2D eigenvalue weighted by atomic mass is 32.2. The van der Waals surface area contributed by atoms with Gasteiger partial charge in [0.15, 0.2) is 0 Å². The number of rotatable bonds is 6. The Morgan fingerprint density at radius 1 is 1.07 bits per heavy atom. The molecule has 2 aliphatic heterocycles. The van der Waals surface area contributed by atoms with Crippen LogP contribution in [-0.4, -0.2) is 71.4 Å². The maximum atomic E-state index is 13.4. The Kier molecular flexibility index (Phi) is 5.89. The largest absolute Gasteiger partial charge is 0.353 e. The number of hydrogen-bond donors (Lipinski definition) is 1. The molecule has 0 bridgehead atoms. The number of sulfonamides is 1. The molecule has 1 aliphatic carbocycles. The number of piperidine rings is 1. The van der Waals surface area contributed by atoms with Gasteiger partial charge in [0.25, 0.3) is 0 Å². The van der Waals surface area contributed by atoms with E-state index in [0.717, 1.165) is 38.8 Å². The Hall–Kier alpha value is -1.94. The molecule has 1 N–H and O–H groups in total. The zero-order valence-electron chi connectivity index (χ0n) is 17.8. The molecule has 0 spiro atoms. The molecule has 0 aromatic carbocycles. The van der Waals surface area contributed by atoms with Gasteiger partial charge in [-0.15, -0.1) is 0 Å². The minimum atomic E-state index is -3.79. The molecular weight excluding hydrogens is 406 g/mol. The van der Waals surface area contributed by atoms with Crippen LogP contribution in [0.15, 0.2) is 4.90 Å². The number of carbonyl (C=O) groups excluding carboxylic acids is 2. The quantitative estimate of drug-likeness (QED) is 0.709. The van der Waals surface area contributed by atoms with E-state index in [1.54, 1.807) is 18.7 Å². The Labute approximate surface area is 177 Å². The van der Waals surface area contributed by atoms with Crippen LogP contribution in [0, 0.1) is 19.8 Å². The Balaban J connectivity index is 1.50. The smallest absolute Gasteiger partial charge is 0.246 e. The maximum absolute atomic E-state index is 13.4. The number of aryl methyl sites for hydroxylation is 1. The first-order chi connectivity index (χ1) is 14.3. The lowest BCUT2D eigenvalue weighted by atomic mass is 9.99. The number of nitrogens with zero attached hydrogens (tertiary/aromatic N) is 4. The van der Waals surface area contributed by atoms with Crippen molar-refractivity contribution in [2.45, 2.75) is 69.9 Å². The van der Waals surface area contributed by atoms with Crippen LogP contribution >= 0.6 is 0 Å². The lowest BCUT2D eigenvalue weighted by Crippen LogP contribution is -2.46. The Bertz CT molecular complexity index is 931. The summed E-state index contributed by atoms with van der Waals surface area (Å²) < 4.78 is 29.8. The normalized spacial score (nSPS) is 23.0. The van der Waals surface area contributed by atoms with Gasteiger partial charge in [-0.25, -0.2) is 8.42 Å². The van der Waals surface area contributed by atoms with Crippen LogP contribution in [0.4, 0.5) is 0 Å². The van der Waals surface area contributed by atoms with E-state index in [-0.39, 0.29) is 41.8 Å². The lowest BCUT2D eigenvalue weighted by molar-refractivity contribution is -0.131. The van der Waals surface area contributed by atoms with Crippen LogP contribution in [-0.2, 0) is 26.2 Å². The van der Waals surface area contributed by atoms with Gasteiger partial charge in [-0.05, 0) is 52.4 Å². The molecule has 2 saturated heterocycles. The molecule has 166 valence electrons. The highest BCUT2D eigenvalue weighted by Crippen LogP contribution is 2.29. The molecule has 10 heteroatoms. The maximum Gasteiger partial charge on any atom is 0.246 e. The molecule has 3 aliphatic rings. The second-order valence-electron chi connectivity index (χ2n) is 8.73. The number of amides is 2. The third kappa shape index (κ3) is 4.25. The Morgan fingerprint density at radius 2 is 1.77 bits per heavy atom. The van der Waals surface area contributed by atoms with E-state index >= 15 is 0 Å². The molecule has 4 rings (SSSR count). The first-order valence-corrected chi connectivity index (χ1v) is 12.3. The molecule has 1 atom stereocenters. The minimum absolute atomic E-state index is 0.0307. The third-order valence-corrected chi connectivity index (χ3v) is 8.45. The fourth-order valence-corrected chi connectivity index (χ4v) is 6.35. The van der Waals surface area contributed by atoms with Gasteiger partial charge in [-0.3, -0.25) is 14.3 Å². The van der Waals surface area contributed by atoms with E-state index in [1.165, 1.54) is 8.99 Å². The minimum Gasteiger partial charge on any atom is -0.353 e. The second kappa shape index (κ2) is 8.30. The summed E-state index contributed by atoms with van der Waals surface area (Å²) in [5, 5.41) is 7.36. The summed E-state index contributed by atoms with van der Waals surface area (Å²) in [6.07, 6.45) is 5.38. The van der Waals surface area contributed by atoms with Crippen LogP contribution < -0.4 is 5.32 Å². The van der Waals surface area contributed by atoms with Gasteiger partial charge in [-0.1, -0.05) is 0 Å². The highest BCUT2D eigenvalue weighted by molar-refractivity contribution is 7.89. The molecule has 3 fully saturated rings. The van der Waals surface area contributed by atoms with E-state index in [0.29, 0.717) is 30.8 Å². The lowest BCUT2D eigenvalue weighted by Gasteiger charge is -2.31. The van der Waals surface area contributed by atoms with Crippen molar-refractivity contribution in [3.63, 3.8) is 0 Å². The fraction of sp³-hybridized carbons (Fsp3) is 0.750. The summed E-state index contributed by atoms with van der Waals surface area (Å²) in [6, 6.07) is 0.264. The van der Waals surface area contributed by atoms with Gasteiger partial charge in [0.1, 0.15) is 11.4 Å². The van der Waals surface area contributed by atoms with E-state index in [1.807, 2.05) is 0 Å². The van der Waals surface area contributed by atoms with Crippen molar-refractivity contribution in [3.05, 3.63) is 11.4 Å². The van der Waals surface area contributed by atoms with Crippen LogP contribution in [0.5, 0.6) is 0 Å². The number of nitrogens with one attached hydrogen (secondary N) is 1. The van der Waals surface area contributed by atoms with Crippen LogP contribution in [0.25, 0.3) is 0 Å². The van der Waals surface area contributed by atoms with Gasteiger partial charge in [0, 0.05) is 32.2 Å². The van der Waals surface area contributed by atoms with Crippen molar-refractivity contribution < 1.29 is 18.0 Å². The second-order valence-corrected chi connectivity index (χ2v) is 10.6. The summed E-state index contributed by atoms with van der Waals surface area (Å²) in [6.45, 7) is 5.50. The van der Waals surface area contributed by atoms with Crippen LogP contribution in [0.2, 0.25) is 0 Å². The first-order valence-electron chi connectivity index (χ1n) is 10.9. The molecule has 1 aromatic rings. The third-order valence-electron chi connectivity index (χ3n) is 6.34. The first kappa shape index (κ1) is 21.3. The number of aromatic nitrogens is 2. The highest BCUT2D eigenvalue weighted by Gasteiger charge is 2.37. The van der Waals surface area contributed by atoms with Crippen molar-refractivity contribution in [3.8, 4) is 0 Å². The molecule has 1 saturated carbocycles. The number of hydrogen-bond acceptors (Lipinski definition) is 5. The van der Waals surface area contributed by atoms with E-state index in [2.05, 4.69) is 10.4 Å². The van der Waals surface area contributed by atoms with Gasteiger partial charge >= 0.3 is 0 Å². The number of carbonyl (C=O) groups is 2. The molecular formula is C20H31N5O4S. The summed E-state index contributed by atoms with van der Waals surface area (Å²) >= 11 is 0. The van der Waals surface area contributed by atoms with Gasteiger partial charge in [0.05, 0.1) is 17.3 Å². The topological polar surface area (TPSA) is 105 Å². The zero-order valence-corrected chi connectivity index (χ0v) is 18.6. The average molecular weight is 438 g/mol. The molecule has 0 radical (unpaired) electrons. The number of likely N-dealkylation sites (tertiary alicyclic amines) is 1. The molecule has 1 aromatic heterocycles. The van der Waals surface area contributed by atoms with Crippen LogP contribution in [0.3, 0.4) is 0 Å². The predicted octanol–water partition coefficient (Wildman–Crippen LogP) is 0.802. The average Bonchev–Trinajstić information content (AvgIpc) is 3.24. The van der Waals surface area contributed by atoms with Crippen molar-refractivity contribution in [1.29, 1.82) is 0 Å². The van der Waals surface area contributed by atoms with Gasteiger partial charge in [0.2, 0.25) is 21.8 Å². The molecule has 0 unspecified atom stereocenters. The Morgan fingerprint density at radius 3 is 2.43 bits per heavy atom. The van der Waals surface area contributed by atoms with Crippen molar-refractivity contribution >= 4 is 21.8 Å². The van der Waals surface area contributed by atoms with Crippen LogP contribution in [0.1, 0.15) is 49.9 Å². The van der Waals surface area contributed by atoms with Gasteiger partial charge in [-0.2, -0.15) is 9.40 Å². The summed E-state index contributed by atoms with van der Waals surface area (Å²) in [5.74, 6) is -0.392. The predicted molar refractivity (Wildman–Crippen MR) is 110 cm³/mol. The van der Waals surface area contributed by atoms with Crippen molar-refractivity contribution in [1.82, 2.24) is 24.3 Å². The zero-order chi connectivity index (χ0) is 21.5. The molecule has 30 heavy (non-hydrogen) atoms. The SMILES string of the molecule is Cc1nn(CC(=O)N2CCCC2)c(C)c1S(=O)(=O)N1CCC[C@H](C(=O)NC2CC2)C1. The standard InChI is InChI=1S/C20H31N5O4S/c1-14-19(15(2)25(22-14)13-18(26)23-9-3-4-10-23)30(28,29)24-11-5-6-16(12-24)20(27)21-17-7-8-17/h16-17H,3-13H2,1-2H3,(H,21,27)/t16-/m0/s1. The fourth-order valence-electron chi connectivity index (χ4n) is 4.45. The van der Waals surface area contributed by atoms with Crippen molar-refractivity contribution in [2.75, 3.05) is 26.2 Å².